The van der Waals surface area contributed by atoms with E-state index in [2.05, 4.69) is 18.7 Å². The van der Waals surface area contributed by atoms with E-state index in [1.807, 2.05) is 31.2 Å². The van der Waals surface area contributed by atoms with Crippen molar-refractivity contribution in [3.63, 3.8) is 0 Å². The van der Waals surface area contributed by atoms with Crippen molar-refractivity contribution in [2.24, 2.45) is 0 Å². The summed E-state index contributed by atoms with van der Waals surface area (Å²) in [5.74, 6) is 1.01. The number of hydrogen-bond donors (Lipinski definition) is 0. The summed E-state index contributed by atoms with van der Waals surface area (Å²) in [6, 6.07) is 10.4. The number of methoxy groups -OCH3 is 2. The molecule has 2 aromatic carbocycles. The van der Waals surface area contributed by atoms with E-state index in [0.29, 0.717) is 34.6 Å². The van der Waals surface area contributed by atoms with Crippen LogP contribution in [0, 0.1) is 6.92 Å². The Kier molecular flexibility index (Phi) is 6.93. The van der Waals surface area contributed by atoms with E-state index in [0.717, 1.165) is 37.2 Å². The maximum Gasteiger partial charge on any atom is 0.290 e. The van der Waals surface area contributed by atoms with Gasteiger partial charge in [0.1, 0.15) is 5.58 Å². The molecular formula is C27H32N2O5. The van der Waals surface area contributed by atoms with Gasteiger partial charge in [0, 0.05) is 6.54 Å². The number of benzene rings is 2. The van der Waals surface area contributed by atoms with E-state index in [4.69, 9.17) is 13.9 Å². The van der Waals surface area contributed by atoms with Crippen molar-refractivity contribution in [1.82, 2.24) is 9.80 Å². The normalized spacial score (nSPS) is 15.3. The summed E-state index contributed by atoms with van der Waals surface area (Å²) in [6.45, 7) is 9.47. The average molecular weight is 465 g/mol. The summed E-state index contributed by atoms with van der Waals surface area (Å²) in [5, 5.41) is 0.488. The molecule has 0 aliphatic carbocycles. The lowest BCUT2D eigenvalue weighted by atomic mass is 9.97. The van der Waals surface area contributed by atoms with Crippen molar-refractivity contribution < 1.29 is 18.7 Å². The number of carbonyl (C=O) groups is 1. The lowest BCUT2D eigenvalue weighted by Crippen LogP contribution is -2.33. The molecule has 0 saturated heterocycles. The number of hydrogen-bond acceptors (Lipinski definition) is 6. The maximum atomic E-state index is 13.7. The van der Waals surface area contributed by atoms with Crippen LogP contribution in [0.2, 0.25) is 0 Å². The first-order chi connectivity index (χ1) is 16.4. The summed E-state index contributed by atoms with van der Waals surface area (Å²) in [4.78, 5) is 31.3. The van der Waals surface area contributed by atoms with Crippen molar-refractivity contribution in [3.8, 4) is 11.5 Å². The molecule has 2 heterocycles. The van der Waals surface area contributed by atoms with Crippen LogP contribution < -0.4 is 14.9 Å². The third-order valence-electron chi connectivity index (χ3n) is 6.61. The van der Waals surface area contributed by atoms with Crippen LogP contribution in [0.15, 0.2) is 45.6 Å². The molecule has 7 nitrogen and oxygen atoms in total. The molecule has 0 bridgehead atoms. The van der Waals surface area contributed by atoms with Gasteiger partial charge in [-0.1, -0.05) is 31.5 Å². The van der Waals surface area contributed by atoms with Gasteiger partial charge in [0.15, 0.2) is 16.9 Å². The minimum absolute atomic E-state index is 0.129. The third kappa shape index (κ3) is 4.16. The van der Waals surface area contributed by atoms with E-state index in [-0.39, 0.29) is 17.1 Å². The van der Waals surface area contributed by atoms with Crippen LogP contribution in [0.25, 0.3) is 11.0 Å². The first-order valence-corrected chi connectivity index (χ1v) is 11.8. The highest BCUT2D eigenvalue weighted by molar-refractivity contribution is 5.99. The van der Waals surface area contributed by atoms with Crippen LogP contribution in [-0.4, -0.2) is 56.1 Å². The molecule has 0 spiro atoms. The number of carbonyl (C=O) groups excluding carboxylic acids is 1. The number of rotatable bonds is 9. The molecule has 1 amide bonds. The van der Waals surface area contributed by atoms with Gasteiger partial charge in [-0.15, -0.1) is 0 Å². The molecule has 1 atom stereocenters. The Bertz CT molecular complexity index is 1260. The van der Waals surface area contributed by atoms with Crippen molar-refractivity contribution in [2.75, 3.05) is 40.4 Å². The Labute approximate surface area is 199 Å². The highest BCUT2D eigenvalue weighted by atomic mass is 16.5. The molecule has 0 fully saturated rings. The topological polar surface area (TPSA) is 72.2 Å². The van der Waals surface area contributed by atoms with Crippen LogP contribution in [0.4, 0.5) is 0 Å². The Balaban J connectivity index is 1.84. The first-order valence-electron chi connectivity index (χ1n) is 11.8. The van der Waals surface area contributed by atoms with Gasteiger partial charge in [0.2, 0.25) is 5.76 Å². The molecule has 4 rings (SSSR count). The molecule has 7 heteroatoms. The van der Waals surface area contributed by atoms with E-state index < -0.39 is 6.04 Å². The number of amides is 1. The van der Waals surface area contributed by atoms with Crippen molar-refractivity contribution in [3.05, 3.63) is 69.1 Å². The number of ether oxygens (including phenoxy) is 2. The summed E-state index contributed by atoms with van der Waals surface area (Å²) in [5.41, 5.74) is 2.39. The molecule has 1 aliphatic heterocycles. The summed E-state index contributed by atoms with van der Waals surface area (Å²) in [7, 11) is 3.15. The van der Waals surface area contributed by atoms with Gasteiger partial charge in [0.05, 0.1) is 31.2 Å². The highest BCUT2D eigenvalue weighted by Gasteiger charge is 2.42. The molecule has 1 aliphatic rings. The lowest BCUT2D eigenvalue weighted by molar-refractivity contribution is 0.0720. The average Bonchev–Trinajstić information content (AvgIpc) is 3.13. The minimum Gasteiger partial charge on any atom is -0.493 e. The molecule has 0 unspecified atom stereocenters. The van der Waals surface area contributed by atoms with Crippen molar-refractivity contribution in [2.45, 2.75) is 33.2 Å². The highest BCUT2D eigenvalue weighted by Crippen LogP contribution is 2.41. The number of nitrogens with zero attached hydrogens (tertiary/aromatic N) is 2. The fraction of sp³-hybridized carbons (Fsp3) is 0.407. The van der Waals surface area contributed by atoms with Crippen LogP contribution >= 0.6 is 0 Å². The van der Waals surface area contributed by atoms with E-state index in [9.17, 15) is 9.59 Å². The third-order valence-corrected chi connectivity index (χ3v) is 6.61. The van der Waals surface area contributed by atoms with Crippen LogP contribution in [-0.2, 0) is 0 Å². The second-order valence-electron chi connectivity index (χ2n) is 8.57. The van der Waals surface area contributed by atoms with Crippen molar-refractivity contribution in [1.29, 1.82) is 0 Å². The fourth-order valence-corrected chi connectivity index (χ4v) is 4.74. The molecule has 0 N–H and O–H groups in total. The zero-order valence-corrected chi connectivity index (χ0v) is 20.5. The largest absolute Gasteiger partial charge is 0.493 e. The van der Waals surface area contributed by atoms with Crippen LogP contribution in [0.5, 0.6) is 11.5 Å². The fourth-order valence-electron chi connectivity index (χ4n) is 4.74. The summed E-state index contributed by atoms with van der Waals surface area (Å²) in [6.07, 6.45) is 0.790. The number of aryl methyl sites for hydroxylation is 1. The Morgan fingerprint density at radius 1 is 1.00 bits per heavy atom. The molecule has 1 aromatic heterocycles. The van der Waals surface area contributed by atoms with Gasteiger partial charge in [-0.25, -0.2) is 0 Å². The zero-order chi connectivity index (χ0) is 24.4. The van der Waals surface area contributed by atoms with Gasteiger partial charge in [0.25, 0.3) is 5.91 Å². The smallest absolute Gasteiger partial charge is 0.290 e. The molecule has 0 radical (unpaired) electrons. The van der Waals surface area contributed by atoms with Gasteiger partial charge in [-0.3, -0.25) is 9.59 Å². The minimum atomic E-state index is -0.555. The molecule has 180 valence electrons. The maximum absolute atomic E-state index is 13.7. The van der Waals surface area contributed by atoms with Gasteiger partial charge >= 0.3 is 0 Å². The molecule has 34 heavy (non-hydrogen) atoms. The SMILES string of the molecule is CCN(CC)CCCN1C(=O)c2oc3ccc(C)cc3c(=O)c2[C@@H]1c1ccc(OC)c(OC)c1. The Morgan fingerprint density at radius 3 is 2.41 bits per heavy atom. The van der Waals surface area contributed by atoms with Crippen molar-refractivity contribution >= 4 is 16.9 Å². The molecular weight excluding hydrogens is 432 g/mol. The number of fused-ring (bicyclic) bond motifs is 2. The van der Waals surface area contributed by atoms with Crippen LogP contribution in [0.1, 0.15) is 53.6 Å². The standard InChI is InChI=1S/C27H32N2O5/c1-6-28(7-2)13-8-14-29-24(18-10-12-21(32-4)22(16-18)33-5)23-25(30)19-15-17(3)9-11-20(19)34-26(23)27(29)31/h9-12,15-16,24H,6-8,13-14H2,1-5H3/t24-/m0/s1. The second-order valence-corrected chi connectivity index (χ2v) is 8.57. The molecule has 0 saturated carbocycles. The zero-order valence-electron chi connectivity index (χ0n) is 20.5. The van der Waals surface area contributed by atoms with E-state index in [1.54, 1.807) is 31.3 Å². The summed E-state index contributed by atoms with van der Waals surface area (Å²) >= 11 is 0. The Morgan fingerprint density at radius 2 is 1.74 bits per heavy atom. The van der Waals surface area contributed by atoms with Gasteiger partial charge in [-0.05, 0) is 62.8 Å². The Hall–Kier alpha value is -3.32. The van der Waals surface area contributed by atoms with Gasteiger partial charge < -0.3 is 23.7 Å². The van der Waals surface area contributed by atoms with E-state index >= 15 is 0 Å². The second kappa shape index (κ2) is 9.89. The molecule has 3 aromatic rings. The lowest BCUT2D eigenvalue weighted by Gasteiger charge is -2.27. The van der Waals surface area contributed by atoms with Gasteiger partial charge in [-0.2, -0.15) is 0 Å². The quantitative estimate of drug-likeness (QED) is 0.468. The monoisotopic (exact) mass is 464 g/mol. The predicted molar refractivity (Wildman–Crippen MR) is 132 cm³/mol. The summed E-state index contributed by atoms with van der Waals surface area (Å²) < 4.78 is 16.9. The van der Waals surface area contributed by atoms with Crippen LogP contribution in [0.3, 0.4) is 0 Å². The van der Waals surface area contributed by atoms with E-state index in [1.165, 1.54) is 0 Å². The first kappa shape index (κ1) is 23.8. The predicted octanol–water partition coefficient (Wildman–Crippen LogP) is 4.40.